The van der Waals surface area contributed by atoms with Gasteiger partial charge in [0.05, 0.1) is 35.9 Å². The van der Waals surface area contributed by atoms with E-state index in [1.807, 2.05) is 19.9 Å². The maximum Gasteiger partial charge on any atom is 0.358 e. The van der Waals surface area contributed by atoms with E-state index in [0.29, 0.717) is 28.1 Å². The quantitative estimate of drug-likeness (QED) is 0.332. The van der Waals surface area contributed by atoms with Crippen molar-refractivity contribution in [3.05, 3.63) is 80.7 Å². The Kier molecular flexibility index (Phi) is 6.30. The number of aromatic nitrogens is 4. The molecule has 174 valence electrons. The minimum atomic E-state index is -0.636. The second-order valence-electron chi connectivity index (χ2n) is 7.80. The fraction of sp³-hybridized carbons (Fsp3) is 0.208. The van der Waals surface area contributed by atoms with Gasteiger partial charge in [0, 0.05) is 12.6 Å². The summed E-state index contributed by atoms with van der Waals surface area (Å²) in [6.07, 6.45) is 1.08. The van der Waals surface area contributed by atoms with Gasteiger partial charge in [-0.05, 0) is 49.7 Å². The van der Waals surface area contributed by atoms with Crippen molar-refractivity contribution in [1.29, 1.82) is 0 Å². The molecule has 0 aliphatic carbocycles. The molecule has 0 saturated heterocycles. The van der Waals surface area contributed by atoms with Crippen molar-refractivity contribution < 1.29 is 13.9 Å². The smallest absolute Gasteiger partial charge is 0.358 e. The lowest BCUT2D eigenvalue weighted by molar-refractivity contribution is 0.0595. The van der Waals surface area contributed by atoms with Crippen LogP contribution in [0.1, 0.15) is 34.6 Å². The molecular weight excluding hydrogens is 461 g/mol. The third kappa shape index (κ3) is 4.34. The van der Waals surface area contributed by atoms with Crippen LogP contribution >= 0.6 is 11.6 Å². The van der Waals surface area contributed by atoms with Crippen molar-refractivity contribution in [1.82, 2.24) is 19.5 Å². The molecule has 1 aromatic carbocycles. The molecule has 1 atom stereocenters. The van der Waals surface area contributed by atoms with Gasteiger partial charge in [0.15, 0.2) is 11.5 Å². The lowest BCUT2D eigenvalue weighted by Crippen LogP contribution is -2.22. The Morgan fingerprint density at radius 1 is 1.21 bits per heavy atom. The number of aryl methyl sites for hydroxylation is 1. The maximum absolute atomic E-state index is 13.4. The van der Waals surface area contributed by atoms with E-state index in [-0.39, 0.29) is 22.4 Å². The number of hydrogen-bond donors (Lipinski definition) is 1. The Morgan fingerprint density at radius 3 is 2.65 bits per heavy atom. The first-order valence-electron chi connectivity index (χ1n) is 10.3. The van der Waals surface area contributed by atoms with Crippen LogP contribution in [0.2, 0.25) is 5.15 Å². The van der Waals surface area contributed by atoms with E-state index in [1.165, 1.54) is 23.8 Å². The SMILES string of the molecule is COC(=O)c1nc(Cl)ccc1NC(C)c1cc(C)cc2c(=O)n(C)c(-c3ccc(F)cn3)nc12. The van der Waals surface area contributed by atoms with Gasteiger partial charge < -0.3 is 10.1 Å². The molecule has 0 amide bonds. The molecule has 0 aliphatic heterocycles. The van der Waals surface area contributed by atoms with Crippen LogP contribution in [0.15, 0.2) is 47.4 Å². The van der Waals surface area contributed by atoms with Crippen LogP contribution in [0.25, 0.3) is 22.4 Å². The van der Waals surface area contributed by atoms with Crippen LogP contribution in [0.3, 0.4) is 0 Å². The van der Waals surface area contributed by atoms with Crippen molar-refractivity contribution in [2.45, 2.75) is 19.9 Å². The molecule has 0 saturated carbocycles. The second-order valence-corrected chi connectivity index (χ2v) is 8.19. The van der Waals surface area contributed by atoms with Gasteiger partial charge in [-0.25, -0.2) is 24.1 Å². The van der Waals surface area contributed by atoms with Gasteiger partial charge in [0.2, 0.25) is 0 Å². The molecule has 3 heterocycles. The summed E-state index contributed by atoms with van der Waals surface area (Å²) >= 11 is 5.96. The average Bonchev–Trinajstić information content (AvgIpc) is 2.82. The number of nitrogens with zero attached hydrogens (tertiary/aromatic N) is 4. The lowest BCUT2D eigenvalue weighted by atomic mass is 10.0. The first kappa shape index (κ1) is 23.3. The Hall–Kier alpha value is -3.85. The number of pyridine rings is 2. The fourth-order valence-electron chi connectivity index (χ4n) is 3.73. The summed E-state index contributed by atoms with van der Waals surface area (Å²) < 4.78 is 19.6. The van der Waals surface area contributed by atoms with Gasteiger partial charge in [-0.1, -0.05) is 17.7 Å². The predicted molar refractivity (Wildman–Crippen MR) is 128 cm³/mol. The third-order valence-electron chi connectivity index (χ3n) is 5.39. The van der Waals surface area contributed by atoms with E-state index >= 15 is 0 Å². The Bertz CT molecular complexity index is 1470. The molecule has 0 bridgehead atoms. The van der Waals surface area contributed by atoms with E-state index in [4.69, 9.17) is 21.3 Å². The number of fused-ring (bicyclic) bond motifs is 1. The van der Waals surface area contributed by atoms with Gasteiger partial charge in [-0.3, -0.25) is 9.36 Å². The van der Waals surface area contributed by atoms with Crippen molar-refractivity contribution in [2.24, 2.45) is 7.05 Å². The van der Waals surface area contributed by atoms with Gasteiger partial charge in [0.1, 0.15) is 16.7 Å². The molecule has 8 nitrogen and oxygen atoms in total. The molecular formula is C24H21ClFN5O3. The molecule has 4 aromatic rings. The van der Waals surface area contributed by atoms with Gasteiger partial charge >= 0.3 is 5.97 Å². The molecule has 3 aromatic heterocycles. The number of carbonyl (C=O) groups excluding carboxylic acids is 1. The van der Waals surface area contributed by atoms with Gasteiger partial charge in [-0.15, -0.1) is 0 Å². The topological polar surface area (TPSA) is 99.0 Å². The van der Waals surface area contributed by atoms with E-state index in [0.717, 1.165) is 17.3 Å². The normalized spacial score (nSPS) is 11.9. The summed E-state index contributed by atoms with van der Waals surface area (Å²) in [7, 11) is 2.86. The van der Waals surface area contributed by atoms with Gasteiger partial charge in [0.25, 0.3) is 5.56 Å². The Balaban J connectivity index is 1.87. The number of nitrogens with one attached hydrogen (secondary N) is 1. The molecule has 1 unspecified atom stereocenters. The second kappa shape index (κ2) is 9.18. The largest absolute Gasteiger partial charge is 0.464 e. The number of hydrogen-bond acceptors (Lipinski definition) is 7. The summed E-state index contributed by atoms with van der Waals surface area (Å²) in [6.45, 7) is 3.76. The molecule has 0 fully saturated rings. The molecule has 4 rings (SSSR count). The van der Waals surface area contributed by atoms with Crippen molar-refractivity contribution in [2.75, 3.05) is 12.4 Å². The van der Waals surface area contributed by atoms with Crippen LogP contribution in [-0.2, 0) is 11.8 Å². The molecule has 0 aliphatic rings. The first-order chi connectivity index (χ1) is 16.2. The summed E-state index contributed by atoms with van der Waals surface area (Å²) in [4.78, 5) is 38.3. The maximum atomic E-state index is 13.4. The van der Waals surface area contributed by atoms with E-state index < -0.39 is 11.8 Å². The number of ether oxygens (including phenoxy) is 1. The van der Waals surface area contributed by atoms with Crippen LogP contribution < -0.4 is 10.9 Å². The highest BCUT2D eigenvalue weighted by Gasteiger charge is 2.21. The summed E-state index contributed by atoms with van der Waals surface area (Å²) in [5, 5.41) is 3.84. The average molecular weight is 482 g/mol. The zero-order valence-corrected chi connectivity index (χ0v) is 19.6. The lowest BCUT2D eigenvalue weighted by Gasteiger charge is -2.20. The zero-order chi connectivity index (χ0) is 24.6. The number of halogens is 2. The highest BCUT2D eigenvalue weighted by molar-refractivity contribution is 6.29. The van der Waals surface area contributed by atoms with Crippen LogP contribution in [-0.4, -0.2) is 32.6 Å². The minimum Gasteiger partial charge on any atom is -0.464 e. The van der Waals surface area contributed by atoms with E-state index in [2.05, 4.69) is 15.3 Å². The molecule has 34 heavy (non-hydrogen) atoms. The van der Waals surface area contributed by atoms with Crippen LogP contribution in [0.4, 0.5) is 10.1 Å². The van der Waals surface area contributed by atoms with E-state index in [9.17, 15) is 14.0 Å². The minimum absolute atomic E-state index is 0.0406. The number of methoxy groups -OCH3 is 1. The van der Waals surface area contributed by atoms with Crippen molar-refractivity contribution >= 4 is 34.2 Å². The fourth-order valence-corrected chi connectivity index (χ4v) is 3.88. The number of anilines is 1. The zero-order valence-electron chi connectivity index (χ0n) is 18.9. The number of rotatable bonds is 5. The van der Waals surface area contributed by atoms with E-state index in [1.54, 1.807) is 25.2 Å². The molecule has 1 N–H and O–H groups in total. The van der Waals surface area contributed by atoms with Crippen LogP contribution in [0, 0.1) is 12.7 Å². The van der Waals surface area contributed by atoms with Crippen LogP contribution in [0.5, 0.6) is 0 Å². The molecule has 10 heteroatoms. The molecule has 0 spiro atoms. The van der Waals surface area contributed by atoms with Gasteiger partial charge in [-0.2, -0.15) is 0 Å². The number of benzene rings is 1. The summed E-state index contributed by atoms with van der Waals surface area (Å²) in [5.41, 5.74) is 2.63. The first-order valence-corrected chi connectivity index (χ1v) is 10.7. The number of carbonyl (C=O) groups is 1. The predicted octanol–water partition coefficient (Wildman–Crippen LogP) is 4.45. The highest BCUT2D eigenvalue weighted by Crippen LogP contribution is 2.29. The Labute approximate surface area is 199 Å². The highest BCUT2D eigenvalue weighted by atomic mass is 35.5. The number of esters is 1. The Morgan fingerprint density at radius 2 is 1.97 bits per heavy atom. The molecule has 0 radical (unpaired) electrons. The van der Waals surface area contributed by atoms with Crippen molar-refractivity contribution in [3.8, 4) is 11.5 Å². The standard InChI is InChI=1S/C24H21ClFN5O3/c1-12-9-15(13(2)28-17-7-8-19(25)29-21(17)24(33)34-4)20-16(10-12)23(32)31(3)22(30-20)18-6-5-14(26)11-27-18/h5-11,13,28H,1-4H3. The summed E-state index contributed by atoms with van der Waals surface area (Å²) in [6, 6.07) is 9.23. The third-order valence-corrected chi connectivity index (χ3v) is 5.60. The monoisotopic (exact) mass is 481 g/mol. The summed E-state index contributed by atoms with van der Waals surface area (Å²) in [5.74, 6) is -0.817. The van der Waals surface area contributed by atoms with Crippen molar-refractivity contribution in [3.63, 3.8) is 0 Å².